The summed E-state index contributed by atoms with van der Waals surface area (Å²) in [5, 5.41) is 15.3. The largest absolute Gasteiger partial charge is 0.409 e. The molecule has 0 saturated heterocycles. The number of hydrogen-bond acceptors (Lipinski definition) is 3. The standard InChI is InChI=1S/C15H21N3O/c16-15(18-19)12-4-1-10(2-5-12)9-17-14-8-11-3-6-13(14)7-11/h1-2,4-5,11,13-14,17,19H,3,6-9H2,(H2,16,18). The van der Waals surface area contributed by atoms with Crippen LogP contribution in [0.2, 0.25) is 0 Å². The van der Waals surface area contributed by atoms with Crippen LogP contribution < -0.4 is 11.1 Å². The zero-order valence-corrected chi connectivity index (χ0v) is 11.0. The van der Waals surface area contributed by atoms with Gasteiger partial charge in [0.05, 0.1) is 0 Å². The van der Waals surface area contributed by atoms with Crippen molar-refractivity contribution in [3.8, 4) is 0 Å². The lowest BCUT2D eigenvalue weighted by atomic mass is 9.95. The maximum Gasteiger partial charge on any atom is 0.170 e. The van der Waals surface area contributed by atoms with Crippen LogP contribution in [0.3, 0.4) is 0 Å². The van der Waals surface area contributed by atoms with Crippen LogP contribution in [-0.4, -0.2) is 17.1 Å². The number of hydrogen-bond donors (Lipinski definition) is 3. The van der Waals surface area contributed by atoms with Crippen molar-refractivity contribution in [3.05, 3.63) is 35.4 Å². The van der Waals surface area contributed by atoms with Crippen molar-refractivity contribution in [1.82, 2.24) is 5.32 Å². The summed E-state index contributed by atoms with van der Waals surface area (Å²) in [4.78, 5) is 0. The van der Waals surface area contributed by atoms with E-state index in [1.54, 1.807) is 0 Å². The zero-order chi connectivity index (χ0) is 13.2. The molecule has 0 amide bonds. The van der Waals surface area contributed by atoms with E-state index in [2.05, 4.69) is 10.5 Å². The van der Waals surface area contributed by atoms with Crippen LogP contribution in [0.15, 0.2) is 29.4 Å². The maximum absolute atomic E-state index is 8.62. The minimum Gasteiger partial charge on any atom is -0.409 e. The Hall–Kier alpha value is -1.55. The minimum absolute atomic E-state index is 0.160. The summed E-state index contributed by atoms with van der Waals surface area (Å²) in [7, 11) is 0. The van der Waals surface area contributed by atoms with Gasteiger partial charge in [0.2, 0.25) is 0 Å². The molecule has 4 N–H and O–H groups in total. The van der Waals surface area contributed by atoms with Gasteiger partial charge in [-0.05, 0) is 36.7 Å². The van der Waals surface area contributed by atoms with Gasteiger partial charge in [0, 0.05) is 18.2 Å². The second-order valence-corrected chi connectivity index (χ2v) is 5.84. The molecule has 0 aromatic heterocycles. The van der Waals surface area contributed by atoms with Crippen molar-refractivity contribution in [3.63, 3.8) is 0 Å². The minimum atomic E-state index is 0.160. The Bertz CT molecular complexity index is 469. The molecule has 2 fully saturated rings. The molecule has 0 radical (unpaired) electrons. The summed E-state index contributed by atoms with van der Waals surface area (Å²) >= 11 is 0. The van der Waals surface area contributed by atoms with Crippen molar-refractivity contribution in [1.29, 1.82) is 0 Å². The van der Waals surface area contributed by atoms with E-state index in [-0.39, 0.29) is 5.84 Å². The molecule has 19 heavy (non-hydrogen) atoms. The Morgan fingerprint density at radius 3 is 2.63 bits per heavy atom. The van der Waals surface area contributed by atoms with Gasteiger partial charge in [0.15, 0.2) is 5.84 Å². The van der Waals surface area contributed by atoms with Gasteiger partial charge in [-0.25, -0.2) is 0 Å². The summed E-state index contributed by atoms with van der Waals surface area (Å²) in [6, 6.07) is 8.57. The van der Waals surface area contributed by atoms with Crippen LogP contribution in [0.25, 0.3) is 0 Å². The van der Waals surface area contributed by atoms with Gasteiger partial charge in [-0.3, -0.25) is 0 Å². The van der Waals surface area contributed by atoms with Gasteiger partial charge in [-0.15, -0.1) is 0 Å². The number of oxime groups is 1. The second-order valence-electron chi connectivity index (χ2n) is 5.84. The fourth-order valence-electron chi connectivity index (χ4n) is 3.59. The topological polar surface area (TPSA) is 70.6 Å². The van der Waals surface area contributed by atoms with Crippen molar-refractivity contribution < 1.29 is 5.21 Å². The molecule has 3 unspecified atom stereocenters. The smallest absolute Gasteiger partial charge is 0.170 e. The molecule has 102 valence electrons. The van der Waals surface area contributed by atoms with Crippen LogP contribution in [0.1, 0.15) is 36.8 Å². The molecule has 3 atom stereocenters. The van der Waals surface area contributed by atoms with Crippen LogP contribution in [0.4, 0.5) is 0 Å². The highest BCUT2D eigenvalue weighted by Crippen LogP contribution is 2.44. The second kappa shape index (κ2) is 5.21. The number of fused-ring (bicyclic) bond motifs is 2. The third-order valence-electron chi connectivity index (χ3n) is 4.66. The Balaban J connectivity index is 1.56. The number of amidine groups is 1. The average Bonchev–Trinajstić information content (AvgIpc) is 3.07. The fraction of sp³-hybridized carbons (Fsp3) is 0.533. The summed E-state index contributed by atoms with van der Waals surface area (Å²) < 4.78 is 0. The number of nitrogens with two attached hydrogens (primary N) is 1. The third kappa shape index (κ3) is 2.59. The van der Waals surface area contributed by atoms with E-state index in [9.17, 15) is 0 Å². The van der Waals surface area contributed by atoms with Crippen LogP contribution >= 0.6 is 0 Å². The number of rotatable bonds is 4. The fourth-order valence-corrected chi connectivity index (χ4v) is 3.59. The monoisotopic (exact) mass is 259 g/mol. The van der Waals surface area contributed by atoms with Crippen molar-refractivity contribution >= 4 is 5.84 Å². The predicted molar refractivity (Wildman–Crippen MR) is 75.0 cm³/mol. The molecule has 0 aliphatic heterocycles. The van der Waals surface area contributed by atoms with Crippen LogP contribution in [-0.2, 0) is 6.54 Å². The zero-order valence-electron chi connectivity index (χ0n) is 11.0. The number of nitrogens with one attached hydrogen (secondary N) is 1. The highest BCUT2D eigenvalue weighted by Gasteiger charge is 2.38. The average molecular weight is 259 g/mol. The van der Waals surface area contributed by atoms with Crippen molar-refractivity contribution in [2.75, 3.05) is 0 Å². The molecular weight excluding hydrogens is 238 g/mol. The van der Waals surface area contributed by atoms with E-state index in [0.717, 1.165) is 23.9 Å². The summed E-state index contributed by atoms with van der Waals surface area (Å²) in [6.07, 6.45) is 5.63. The Labute approximate surface area is 113 Å². The Morgan fingerprint density at radius 1 is 1.26 bits per heavy atom. The lowest BCUT2D eigenvalue weighted by Crippen LogP contribution is -2.33. The lowest BCUT2D eigenvalue weighted by molar-refractivity contribution is 0.318. The molecule has 2 bridgehead atoms. The van der Waals surface area contributed by atoms with E-state index < -0.39 is 0 Å². The third-order valence-corrected chi connectivity index (χ3v) is 4.66. The van der Waals surface area contributed by atoms with Gasteiger partial charge in [0.25, 0.3) is 0 Å². The Kier molecular flexibility index (Phi) is 3.42. The Morgan fingerprint density at radius 2 is 2.05 bits per heavy atom. The molecule has 2 aliphatic carbocycles. The first-order valence-electron chi connectivity index (χ1n) is 7.06. The van der Waals surface area contributed by atoms with Crippen LogP contribution in [0, 0.1) is 11.8 Å². The van der Waals surface area contributed by atoms with E-state index in [1.165, 1.54) is 31.2 Å². The number of benzene rings is 1. The van der Waals surface area contributed by atoms with Crippen molar-refractivity contribution in [2.24, 2.45) is 22.7 Å². The van der Waals surface area contributed by atoms with Gasteiger partial charge in [-0.2, -0.15) is 0 Å². The van der Waals surface area contributed by atoms with Crippen molar-refractivity contribution in [2.45, 2.75) is 38.3 Å². The number of nitrogens with zero attached hydrogens (tertiary/aromatic N) is 1. The normalized spacial score (nSPS) is 29.9. The van der Waals surface area contributed by atoms with Gasteiger partial charge >= 0.3 is 0 Å². The van der Waals surface area contributed by atoms with Gasteiger partial charge < -0.3 is 16.3 Å². The molecule has 3 rings (SSSR count). The van der Waals surface area contributed by atoms with E-state index >= 15 is 0 Å². The molecule has 0 spiro atoms. The summed E-state index contributed by atoms with van der Waals surface area (Å²) in [5.74, 6) is 2.04. The highest BCUT2D eigenvalue weighted by molar-refractivity contribution is 5.96. The van der Waals surface area contributed by atoms with Crippen LogP contribution in [0.5, 0.6) is 0 Å². The summed E-state index contributed by atoms with van der Waals surface area (Å²) in [5.41, 5.74) is 7.55. The van der Waals surface area contributed by atoms with Gasteiger partial charge in [-0.1, -0.05) is 35.8 Å². The predicted octanol–water partition coefficient (Wildman–Crippen LogP) is 2.06. The SMILES string of the molecule is NC(=NO)c1ccc(CNC2CC3CCC2C3)cc1. The molecule has 2 aliphatic rings. The first-order valence-corrected chi connectivity index (χ1v) is 7.06. The molecule has 1 aromatic rings. The van der Waals surface area contributed by atoms with E-state index in [1.807, 2.05) is 24.3 Å². The lowest BCUT2D eigenvalue weighted by Gasteiger charge is -2.23. The highest BCUT2D eigenvalue weighted by atomic mass is 16.4. The summed E-state index contributed by atoms with van der Waals surface area (Å²) in [6.45, 7) is 0.907. The quantitative estimate of drug-likeness (QED) is 0.335. The van der Waals surface area contributed by atoms with E-state index in [0.29, 0.717) is 6.04 Å². The molecule has 4 nitrogen and oxygen atoms in total. The first-order chi connectivity index (χ1) is 9.26. The molecule has 0 heterocycles. The molecule has 2 saturated carbocycles. The first kappa shape index (κ1) is 12.5. The van der Waals surface area contributed by atoms with E-state index in [4.69, 9.17) is 10.9 Å². The maximum atomic E-state index is 8.62. The van der Waals surface area contributed by atoms with Gasteiger partial charge in [0.1, 0.15) is 0 Å². The molecule has 4 heteroatoms. The molecule has 1 aromatic carbocycles. The molecular formula is C15H21N3O.